The summed E-state index contributed by atoms with van der Waals surface area (Å²) in [4.78, 5) is 9.74. The van der Waals surface area contributed by atoms with Crippen LogP contribution >= 0.6 is 11.3 Å². The van der Waals surface area contributed by atoms with Gasteiger partial charge in [0.25, 0.3) is 0 Å². The van der Waals surface area contributed by atoms with E-state index in [0.717, 1.165) is 22.6 Å². The molecule has 0 saturated heterocycles. The maximum atomic E-state index is 14.2. The summed E-state index contributed by atoms with van der Waals surface area (Å²) in [6.07, 6.45) is 0. The summed E-state index contributed by atoms with van der Waals surface area (Å²) in [5.74, 6) is 1.18. The number of nitrogens with one attached hydrogen (secondary N) is 1. The Labute approximate surface area is 125 Å². The molecule has 0 fully saturated rings. The molecule has 0 radical (unpaired) electrons. The molecule has 3 aromatic rings. The van der Waals surface area contributed by atoms with E-state index >= 15 is 0 Å². The van der Waals surface area contributed by atoms with Gasteiger partial charge in [-0.2, -0.15) is 0 Å². The fourth-order valence-corrected chi connectivity index (χ4v) is 2.85. The van der Waals surface area contributed by atoms with Gasteiger partial charge in [-0.25, -0.2) is 14.4 Å². The molecule has 2 aromatic heterocycles. The number of hydrogen-bond acceptors (Lipinski definition) is 5. The Balaban J connectivity index is 2.15. The highest BCUT2D eigenvalue weighted by Gasteiger charge is 2.13. The minimum atomic E-state index is -0.396. The molecule has 0 saturated carbocycles. The quantitative estimate of drug-likeness (QED) is 0.793. The molecule has 0 amide bonds. The Bertz CT molecular complexity index is 788. The highest BCUT2D eigenvalue weighted by atomic mass is 32.1. The van der Waals surface area contributed by atoms with Crippen LogP contribution in [0.3, 0.4) is 0 Å². The predicted molar refractivity (Wildman–Crippen MR) is 83.5 cm³/mol. The summed E-state index contributed by atoms with van der Waals surface area (Å²) in [6.45, 7) is 2.74. The number of aromatic nitrogens is 2. The summed E-state index contributed by atoms with van der Waals surface area (Å²) in [5.41, 5.74) is 0.366. The number of halogens is 1. The number of thiophene rings is 1. The molecule has 108 valence electrons. The summed E-state index contributed by atoms with van der Waals surface area (Å²) < 4.78 is 19.2. The number of nitrogens with zero attached hydrogens (tertiary/aromatic N) is 2. The molecule has 6 heteroatoms. The lowest BCUT2D eigenvalue weighted by molar-refractivity contribution is 0.411. The molecule has 0 aliphatic heterocycles. The second-order valence-electron chi connectivity index (χ2n) is 4.41. The smallest absolute Gasteiger partial charge is 0.166 e. The minimum Gasteiger partial charge on any atom is -0.497 e. The lowest BCUT2D eigenvalue weighted by Gasteiger charge is -2.08. The number of methoxy groups -OCH3 is 1. The molecule has 0 aliphatic rings. The van der Waals surface area contributed by atoms with Crippen molar-refractivity contribution in [1.82, 2.24) is 9.97 Å². The van der Waals surface area contributed by atoms with Crippen molar-refractivity contribution in [2.24, 2.45) is 0 Å². The maximum Gasteiger partial charge on any atom is 0.166 e. The third-order valence-corrected chi connectivity index (χ3v) is 3.89. The van der Waals surface area contributed by atoms with Crippen LogP contribution in [0.2, 0.25) is 0 Å². The maximum absolute atomic E-state index is 14.2. The van der Waals surface area contributed by atoms with Crippen molar-refractivity contribution in [3.63, 3.8) is 0 Å². The highest BCUT2D eigenvalue weighted by Crippen LogP contribution is 2.30. The van der Waals surface area contributed by atoms with Gasteiger partial charge in [-0.05, 0) is 30.5 Å². The summed E-state index contributed by atoms with van der Waals surface area (Å²) in [7, 11) is 1.51. The molecule has 0 spiro atoms. The zero-order valence-corrected chi connectivity index (χ0v) is 12.5. The van der Waals surface area contributed by atoms with Gasteiger partial charge in [0.1, 0.15) is 22.2 Å². The molecule has 1 aromatic carbocycles. The van der Waals surface area contributed by atoms with E-state index in [2.05, 4.69) is 15.3 Å². The van der Waals surface area contributed by atoms with Gasteiger partial charge < -0.3 is 10.1 Å². The lowest BCUT2D eigenvalue weighted by atomic mass is 10.2. The fraction of sp³-hybridized carbons (Fsp3) is 0.200. The lowest BCUT2D eigenvalue weighted by Crippen LogP contribution is -2.02. The van der Waals surface area contributed by atoms with E-state index in [1.165, 1.54) is 24.5 Å². The van der Waals surface area contributed by atoms with Crippen molar-refractivity contribution in [2.45, 2.75) is 6.92 Å². The largest absolute Gasteiger partial charge is 0.497 e. The number of benzene rings is 1. The SMILES string of the molecule is CCNc1nc(-c2ccc(OC)cc2F)nc2sccc12. The van der Waals surface area contributed by atoms with Gasteiger partial charge in [0, 0.05) is 12.6 Å². The first kappa shape index (κ1) is 13.8. The van der Waals surface area contributed by atoms with Crippen LogP contribution in [-0.2, 0) is 0 Å². The first-order valence-electron chi connectivity index (χ1n) is 6.56. The Kier molecular flexibility index (Phi) is 3.70. The molecule has 3 rings (SSSR count). The van der Waals surface area contributed by atoms with E-state index in [4.69, 9.17) is 4.74 Å². The third-order valence-electron chi connectivity index (χ3n) is 3.09. The Morgan fingerprint density at radius 3 is 2.86 bits per heavy atom. The molecule has 0 unspecified atom stereocenters. The Hall–Kier alpha value is -2.21. The van der Waals surface area contributed by atoms with Crippen LogP contribution in [0, 0.1) is 5.82 Å². The average Bonchev–Trinajstić information content (AvgIpc) is 2.96. The van der Waals surface area contributed by atoms with E-state index in [9.17, 15) is 4.39 Å². The van der Waals surface area contributed by atoms with E-state index in [0.29, 0.717) is 17.1 Å². The molecule has 0 atom stereocenters. The second kappa shape index (κ2) is 5.65. The number of rotatable bonds is 4. The van der Waals surface area contributed by atoms with E-state index in [1.807, 2.05) is 18.4 Å². The molecule has 21 heavy (non-hydrogen) atoms. The van der Waals surface area contributed by atoms with Gasteiger partial charge in [-0.1, -0.05) is 0 Å². The van der Waals surface area contributed by atoms with E-state index in [-0.39, 0.29) is 0 Å². The zero-order chi connectivity index (χ0) is 14.8. The van der Waals surface area contributed by atoms with Gasteiger partial charge >= 0.3 is 0 Å². The molecular weight excluding hydrogens is 289 g/mol. The third kappa shape index (κ3) is 2.54. The first-order chi connectivity index (χ1) is 10.2. The zero-order valence-electron chi connectivity index (χ0n) is 11.7. The van der Waals surface area contributed by atoms with Crippen LogP contribution in [0.4, 0.5) is 10.2 Å². The van der Waals surface area contributed by atoms with Crippen LogP contribution in [0.5, 0.6) is 5.75 Å². The van der Waals surface area contributed by atoms with Crippen LogP contribution in [0.25, 0.3) is 21.6 Å². The number of ether oxygens (including phenoxy) is 1. The molecular formula is C15H14FN3OS. The van der Waals surface area contributed by atoms with E-state index in [1.54, 1.807) is 12.1 Å². The molecule has 4 nitrogen and oxygen atoms in total. The van der Waals surface area contributed by atoms with Gasteiger partial charge in [0.05, 0.1) is 18.1 Å². The van der Waals surface area contributed by atoms with Crippen LogP contribution in [0.15, 0.2) is 29.6 Å². The molecule has 1 N–H and O–H groups in total. The average molecular weight is 303 g/mol. The van der Waals surface area contributed by atoms with Crippen molar-refractivity contribution in [3.05, 3.63) is 35.5 Å². The summed E-state index contributed by atoms with van der Waals surface area (Å²) >= 11 is 1.51. The van der Waals surface area contributed by atoms with Crippen molar-refractivity contribution in [2.75, 3.05) is 19.0 Å². The second-order valence-corrected chi connectivity index (χ2v) is 5.31. The van der Waals surface area contributed by atoms with Crippen molar-refractivity contribution in [3.8, 4) is 17.1 Å². The Morgan fingerprint density at radius 1 is 1.29 bits per heavy atom. The van der Waals surface area contributed by atoms with Crippen LogP contribution in [-0.4, -0.2) is 23.6 Å². The minimum absolute atomic E-state index is 0.366. The number of fused-ring (bicyclic) bond motifs is 1. The molecule has 0 bridgehead atoms. The standard InChI is InChI=1S/C15H14FN3OS/c1-3-17-13-11-6-7-21-15(11)19-14(18-13)10-5-4-9(20-2)8-12(10)16/h4-8H,3H2,1-2H3,(H,17,18,19). The van der Waals surface area contributed by atoms with Gasteiger partial charge in [-0.3, -0.25) is 0 Å². The van der Waals surface area contributed by atoms with Gasteiger partial charge in [0.15, 0.2) is 5.82 Å². The number of anilines is 1. The molecule has 2 heterocycles. The fourth-order valence-electron chi connectivity index (χ4n) is 2.08. The highest BCUT2D eigenvalue weighted by molar-refractivity contribution is 7.16. The van der Waals surface area contributed by atoms with Gasteiger partial charge in [-0.15, -0.1) is 11.3 Å². The van der Waals surface area contributed by atoms with Crippen LogP contribution < -0.4 is 10.1 Å². The monoisotopic (exact) mass is 303 g/mol. The summed E-state index contributed by atoms with van der Waals surface area (Å²) in [6, 6.07) is 6.64. The van der Waals surface area contributed by atoms with Crippen molar-refractivity contribution < 1.29 is 9.13 Å². The van der Waals surface area contributed by atoms with Crippen LogP contribution in [0.1, 0.15) is 6.92 Å². The predicted octanol–water partition coefficient (Wildman–Crippen LogP) is 3.94. The molecule has 0 aliphatic carbocycles. The van der Waals surface area contributed by atoms with Gasteiger partial charge in [0.2, 0.25) is 0 Å². The van der Waals surface area contributed by atoms with Crippen molar-refractivity contribution in [1.29, 1.82) is 0 Å². The van der Waals surface area contributed by atoms with Crippen molar-refractivity contribution >= 4 is 27.4 Å². The number of hydrogen-bond donors (Lipinski definition) is 1. The van der Waals surface area contributed by atoms with E-state index < -0.39 is 5.82 Å². The first-order valence-corrected chi connectivity index (χ1v) is 7.44. The normalized spacial score (nSPS) is 10.8. The Morgan fingerprint density at radius 2 is 2.14 bits per heavy atom. The topological polar surface area (TPSA) is 47.0 Å². The summed E-state index contributed by atoms with van der Waals surface area (Å²) in [5, 5.41) is 6.11.